The van der Waals surface area contributed by atoms with E-state index < -0.39 is 0 Å². The SMILES string of the molecule is CNC(=O)C(C)C(C)C(=O)NC. The molecule has 0 fully saturated rings. The molecular weight excluding hydrogens is 156 g/mol. The molecule has 0 aliphatic carbocycles. The molecule has 0 rings (SSSR count). The van der Waals surface area contributed by atoms with Gasteiger partial charge in [-0.3, -0.25) is 9.59 Å². The van der Waals surface area contributed by atoms with Crippen LogP contribution in [0.5, 0.6) is 0 Å². The van der Waals surface area contributed by atoms with E-state index in [9.17, 15) is 9.59 Å². The fraction of sp³-hybridized carbons (Fsp3) is 0.750. The molecule has 2 unspecified atom stereocenters. The van der Waals surface area contributed by atoms with Crippen LogP contribution in [0.1, 0.15) is 13.8 Å². The first kappa shape index (κ1) is 10.9. The van der Waals surface area contributed by atoms with E-state index in [-0.39, 0.29) is 23.7 Å². The predicted molar refractivity (Wildman–Crippen MR) is 46.5 cm³/mol. The van der Waals surface area contributed by atoms with E-state index in [1.165, 1.54) is 0 Å². The fourth-order valence-corrected chi connectivity index (χ4v) is 0.909. The molecule has 0 aromatic rings. The predicted octanol–water partition coefficient (Wildman–Crippen LogP) is -0.249. The maximum Gasteiger partial charge on any atom is 0.223 e. The fourth-order valence-electron chi connectivity index (χ4n) is 0.909. The normalized spacial score (nSPS) is 14.7. The Balaban J connectivity index is 4.18. The van der Waals surface area contributed by atoms with Gasteiger partial charge in [0.15, 0.2) is 0 Å². The maximum absolute atomic E-state index is 11.1. The Hall–Kier alpha value is -1.06. The zero-order valence-electron chi connectivity index (χ0n) is 7.97. The minimum absolute atomic E-state index is 0.105. The monoisotopic (exact) mass is 172 g/mol. The summed E-state index contributed by atoms with van der Waals surface area (Å²) in [6.45, 7) is 3.47. The summed E-state index contributed by atoms with van der Waals surface area (Å²) in [7, 11) is 3.13. The number of rotatable bonds is 3. The standard InChI is InChI=1S/C8H16N2O2/c1-5(7(11)9-3)6(2)8(12)10-4/h5-6H,1-4H3,(H,9,11)(H,10,12). The van der Waals surface area contributed by atoms with Crippen molar-refractivity contribution in [3.8, 4) is 0 Å². The summed E-state index contributed by atoms with van der Waals surface area (Å²) in [6, 6.07) is 0. The molecule has 4 heteroatoms. The van der Waals surface area contributed by atoms with Gasteiger partial charge in [0.25, 0.3) is 0 Å². The molecule has 0 bridgehead atoms. The van der Waals surface area contributed by atoms with Crippen LogP contribution in [0.25, 0.3) is 0 Å². The Labute approximate surface area is 72.7 Å². The lowest BCUT2D eigenvalue weighted by Crippen LogP contribution is -2.37. The molecule has 70 valence electrons. The van der Waals surface area contributed by atoms with Gasteiger partial charge in [0, 0.05) is 25.9 Å². The largest absolute Gasteiger partial charge is 0.359 e. The first-order valence-electron chi connectivity index (χ1n) is 3.97. The summed E-state index contributed by atoms with van der Waals surface area (Å²) in [5.74, 6) is -0.776. The Morgan fingerprint density at radius 1 is 0.917 bits per heavy atom. The van der Waals surface area contributed by atoms with Crippen LogP contribution in [0.4, 0.5) is 0 Å². The van der Waals surface area contributed by atoms with Gasteiger partial charge in [-0.2, -0.15) is 0 Å². The minimum Gasteiger partial charge on any atom is -0.359 e. The smallest absolute Gasteiger partial charge is 0.223 e. The van der Waals surface area contributed by atoms with Gasteiger partial charge in [0.2, 0.25) is 11.8 Å². The molecule has 0 aliphatic rings. The van der Waals surface area contributed by atoms with E-state index in [0.29, 0.717) is 0 Å². The Morgan fingerprint density at radius 3 is 1.33 bits per heavy atom. The Morgan fingerprint density at radius 2 is 1.17 bits per heavy atom. The minimum atomic E-state index is -0.282. The van der Waals surface area contributed by atoms with Crippen LogP contribution in [0.15, 0.2) is 0 Å². The molecular formula is C8H16N2O2. The average Bonchev–Trinajstić information content (AvgIpc) is 2.12. The Kier molecular flexibility index (Phi) is 4.33. The van der Waals surface area contributed by atoms with Crippen molar-refractivity contribution in [2.75, 3.05) is 14.1 Å². The lowest BCUT2D eigenvalue weighted by Gasteiger charge is -2.16. The van der Waals surface area contributed by atoms with Crippen LogP contribution in [-0.2, 0) is 9.59 Å². The van der Waals surface area contributed by atoms with E-state index >= 15 is 0 Å². The second kappa shape index (κ2) is 4.74. The summed E-state index contributed by atoms with van der Waals surface area (Å²) in [5.41, 5.74) is 0. The van der Waals surface area contributed by atoms with Crippen molar-refractivity contribution in [1.29, 1.82) is 0 Å². The molecule has 2 N–H and O–H groups in total. The van der Waals surface area contributed by atoms with Crippen molar-refractivity contribution in [1.82, 2.24) is 10.6 Å². The zero-order chi connectivity index (χ0) is 9.72. The molecule has 0 saturated heterocycles. The van der Waals surface area contributed by atoms with Crippen LogP contribution in [0.3, 0.4) is 0 Å². The lowest BCUT2D eigenvalue weighted by atomic mass is 9.94. The molecule has 0 aromatic carbocycles. The van der Waals surface area contributed by atoms with Crippen molar-refractivity contribution in [2.24, 2.45) is 11.8 Å². The van der Waals surface area contributed by atoms with Crippen molar-refractivity contribution < 1.29 is 9.59 Å². The summed E-state index contributed by atoms with van der Waals surface area (Å²) in [4.78, 5) is 22.2. The van der Waals surface area contributed by atoms with E-state index in [1.54, 1.807) is 27.9 Å². The van der Waals surface area contributed by atoms with Gasteiger partial charge in [0.1, 0.15) is 0 Å². The molecule has 4 nitrogen and oxygen atoms in total. The van der Waals surface area contributed by atoms with Gasteiger partial charge in [-0.05, 0) is 0 Å². The highest BCUT2D eigenvalue weighted by molar-refractivity contribution is 5.86. The van der Waals surface area contributed by atoms with Crippen LogP contribution >= 0.6 is 0 Å². The molecule has 0 heterocycles. The van der Waals surface area contributed by atoms with Crippen LogP contribution in [-0.4, -0.2) is 25.9 Å². The average molecular weight is 172 g/mol. The van der Waals surface area contributed by atoms with Crippen molar-refractivity contribution >= 4 is 11.8 Å². The highest BCUT2D eigenvalue weighted by Gasteiger charge is 2.24. The highest BCUT2D eigenvalue weighted by Crippen LogP contribution is 2.10. The molecule has 12 heavy (non-hydrogen) atoms. The number of hydrogen-bond acceptors (Lipinski definition) is 2. The third-order valence-corrected chi connectivity index (χ3v) is 2.07. The second-order valence-corrected chi connectivity index (χ2v) is 2.81. The number of carbonyl (C=O) groups is 2. The van der Waals surface area contributed by atoms with Crippen molar-refractivity contribution in [2.45, 2.75) is 13.8 Å². The maximum atomic E-state index is 11.1. The number of nitrogens with one attached hydrogen (secondary N) is 2. The van der Waals surface area contributed by atoms with Crippen molar-refractivity contribution in [3.05, 3.63) is 0 Å². The van der Waals surface area contributed by atoms with Crippen molar-refractivity contribution in [3.63, 3.8) is 0 Å². The number of hydrogen-bond donors (Lipinski definition) is 2. The van der Waals surface area contributed by atoms with Gasteiger partial charge in [-0.15, -0.1) is 0 Å². The second-order valence-electron chi connectivity index (χ2n) is 2.81. The van der Waals surface area contributed by atoms with E-state index in [0.717, 1.165) is 0 Å². The summed E-state index contributed by atoms with van der Waals surface area (Å²) < 4.78 is 0. The lowest BCUT2D eigenvalue weighted by molar-refractivity contribution is -0.133. The van der Waals surface area contributed by atoms with Gasteiger partial charge in [0.05, 0.1) is 0 Å². The summed E-state index contributed by atoms with van der Waals surface area (Å²) in [6.07, 6.45) is 0. The molecule has 0 radical (unpaired) electrons. The molecule has 0 aliphatic heterocycles. The summed E-state index contributed by atoms with van der Waals surface area (Å²) >= 11 is 0. The Bertz CT molecular complexity index is 160. The molecule has 2 amide bonds. The quantitative estimate of drug-likeness (QED) is 0.616. The topological polar surface area (TPSA) is 58.2 Å². The van der Waals surface area contributed by atoms with E-state index in [2.05, 4.69) is 10.6 Å². The number of amides is 2. The molecule has 2 atom stereocenters. The van der Waals surface area contributed by atoms with E-state index in [4.69, 9.17) is 0 Å². The summed E-state index contributed by atoms with van der Waals surface area (Å²) in [5, 5.41) is 5.01. The zero-order valence-corrected chi connectivity index (χ0v) is 7.97. The third-order valence-electron chi connectivity index (χ3n) is 2.07. The first-order chi connectivity index (χ1) is 5.54. The highest BCUT2D eigenvalue weighted by atomic mass is 16.2. The molecule has 0 saturated carbocycles. The van der Waals surface area contributed by atoms with Crippen LogP contribution in [0, 0.1) is 11.8 Å². The van der Waals surface area contributed by atoms with Crippen LogP contribution < -0.4 is 10.6 Å². The van der Waals surface area contributed by atoms with Gasteiger partial charge in [-0.25, -0.2) is 0 Å². The van der Waals surface area contributed by atoms with Gasteiger partial charge < -0.3 is 10.6 Å². The number of carbonyl (C=O) groups excluding carboxylic acids is 2. The van der Waals surface area contributed by atoms with E-state index in [1.807, 2.05) is 0 Å². The molecule has 0 spiro atoms. The van der Waals surface area contributed by atoms with Gasteiger partial charge in [-0.1, -0.05) is 13.8 Å². The molecule has 0 aromatic heterocycles. The van der Waals surface area contributed by atoms with Gasteiger partial charge >= 0.3 is 0 Å². The first-order valence-corrected chi connectivity index (χ1v) is 3.97. The third kappa shape index (κ3) is 2.53. The van der Waals surface area contributed by atoms with Crippen LogP contribution in [0.2, 0.25) is 0 Å².